The van der Waals surface area contributed by atoms with E-state index in [0.29, 0.717) is 28.5 Å². The molecule has 4 aromatic rings. The second-order valence-corrected chi connectivity index (χ2v) is 9.00. The van der Waals surface area contributed by atoms with Gasteiger partial charge in [0.25, 0.3) is 0 Å². The Kier molecular flexibility index (Phi) is 6.27. The first-order valence-electron chi connectivity index (χ1n) is 11.8. The van der Waals surface area contributed by atoms with Crippen LogP contribution in [0, 0.1) is 0 Å². The van der Waals surface area contributed by atoms with Gasteiger partial charge in [-0.15, -0.1) is 4.73 Å². The van der Waals surface area contributed by atoms with Crippen LogP contribution in [0.1, 0.15) is 37.3 Å². The molecule has 7 nitrogen and oxygen atoms in total. The van der Waals surface area contributed by atoms with E-state index in [1.807, 2.05) is 12.1 Å². The Morgan fingerprint density at radius 1 is 1.03 bits per heavy atom. The Labute approximate surface area is 198 Å². The highest BCUT2D eigenvalue weighted by Crippen LogP contribution is 2.25. The molecule has 1 fully saturated rings. The largest absolute Gasteiger partial charge is 0.422 e. The van der Waals surface area contributed by atoms with E-state index in [-0.39, 0.29) is 5.65 Å². The number of benzene rings is 2. The number of hydrogen-bond acceptors (Lipinski definition) is 6. The Hall–Kier alpha value is -3.71. The maximum Gasteiger partial charge on any atom is 0.384 e. The quantitative estimate of drug-likeness (QED) is 0.411. The number of likely N-dealkylation sites (tertiary alicyclic amines) is 1. The molecule has 1 aliphatic heterocycles. The molecule has 0 bridgehead atoms. The molecule has 0 radical (unpaired) electrons. The van der Waals surface area contributed by atoms with Crippen molar-refractivity contribution in [1.29, 1.82) is 0 Å². The second kappa shape index (κ2) is 9.65. The fraction of sp³-hybridized carbons (Fsp3) is 0.296. The summed E-state index contributed by atoms with van der Waals surface area (Å²) < 4.78 is 0.471. The van der Waals surface area contributed by atoms with Gasteiger partial charge >= 0.3 is 5.69 Å². The van der Waals surface area contributed by atoms with Gasteiger partial charge in [-0.2, -0.15) is 4.98 Å². The summed E-state index contributed by atoms with van der Waals surface area (Å²) in [4.78, 5) is 22.7. The predicted octanol–water partition coefficient (Wildman–Crippen LogP) is 4.68. The molecule has 2 aromatic heterocycles. The zero-order valence-electron chi connectivity index (χ0n) is 19.3. The van der Waals surface area contributed by atoms with Crippen LogP contribution in [0.5, 0.6) is 0 Å². The van der Waals surface area contributed by atoms with Crippen LogP contribution in [0.4, 0.5) is 5.82 Å². The van der Waals surface area contributed by atoms with E-state index in [1.54, 1.807) is 12.1 Å². The predicted molar refractivity (Wildman–Crippen MR) is 134 cm³/mol. The number of piperidine rings is 1. The van der Waals surface area contributed by atoms with Gasteiger partial charge in [-0.05, 0) is 72.8 Å². The van der Waals surface area contributed by atoms with Gasteiger partial charge in [-0.1, -0.05) is 42.8 Å². The molecule has 0 aliphatic carbocycles. The SMILES string of the molecule is CC1CCCCN1Cc1cccc(-c2cccc(CNc3nc(=O)n(O)c4ncccc34)c2)c1. The van der Waals surface area contributed by atoms with Gasteiger partial charge in [-0.3, -0.25) is 4.90 Å². The van der Waals surface area contributed by atoms with Crippen LogP contribution in [-0.2, 0) is 13.1 Å². The number of rotatable bonds is 6. The zero-order valence-corrected chi connectivity index (χ0v) is 19.3. The molecule has 2 aromatic carbocycles. The summed E-state index contributed by atoms with van der Waals surface area (Å²) in [6.45, 7) is 4.98. The van der Waals surface area contributed by atoms with E-state index in [1.165, 1.54) is 43.1 Å². The molecule has 1 unspecified atom stereocenters. The smallest absolute Gasteiger partial charge is 0.384 e. The molecule has 174 valence electrons. The molecular weight excluding hydrogens is 426 g/mol. The summed E-state index contributed by atoms with van der Waals surface area (Å²) in [7, 11) is 0. The maximum absolute atomic E-state index is 12.0. The van der Waals surface area contributed by atoms with Crippen LogP contribution in [-0.4, -0.2) is 37.4 Å². The number of nitrogens with zero attached hydrogens (tertiary/aromatic N) is 4. The maximum atomic E-state index is 12.0. The van der Waals surface area contributed by atoms with Crippen LogP contribution >= 0.6 is 0 Å². The fourth-order valence-electron chi connectivity index (χ4n) is 4.70. The number of hydrogen-bond donors (Lipinski definition) is 2. The minimum absolute atomic E-state index is 0.179. The van der Waals surface area contributed by atoms with E-state index in [0.717, 1.165) is 17.7 Å². The van der Waals surface area contributed by atoms with Crippen LogP contribution in [0.25, 0.3) is 22.2 Å². The molecule has 0 saturated carbocycles. The molecule has 7 heteroatoms. The normalized spacial score (nSPS) is 16.6. The van der Waals surface area contributed by atoms with E-state index in [4.69, 9.17) is 0 Å². The van der Waals surface area contributed by atoms with Crippen LogP contribution < -0.4 is 11.0 Å². The van der Waals surface area contributed by atoms with Crippen molar-refractivity contribution in [3.05, 3.63) is 88.5 Å². The standard InChI is InChI=1S/C27H29N5O2/c1-19-7-2-3-14-31(19)18-21-9-5-11-23(16-21)22-10-4-8-20(15-22)17-29-25-24-12-6-13-28-26(24)32(34)27(33)30-25/h4-6,8-13,15-16,19,34H,2-3,7,14,17-18H2,1H3,(H,29,30,33). The summed E-state index contributed by atoms with van der Waals surface area (Å²) in [6.07, 6.45) is 5.43. The first kappa shape index (κ1) is 22.1. The molecular formula is C27H29N5O2. The zero-order chi connectivity index (χ0) is 23.5. The lowest BCUT2D eigenvalue weighted by atomic mass is 9.99. The van der Waals surface area contributed by atoms with E-state index in [2.05, 4.69) is 63.5 Å². The number of nitrogens with one attached hydrogen (secondary N) is 1. The molecule has 0 amide bonds. The number of aromatic nitrogens is 3. The van der Waals surface area contributed by atoms with Crippen LogP contribution in [0.15, 0.2) is 71.7 Å². The number of fused-ring (bicyclic) bond motifs is 1. The van der Waals surface area contributed by atoms with Gasteiger partial charge in [0.1, 0.15) is 5.82 Å². The highest BCUT2D eigenvalue weighted by atomic mass is 16.5. The van der Waals surface area contributed by atoms with Gasteiger partial charge in [0.05, 0.1) is 5.39 Å². The van der Waals surface area contributed by atoms with Crippen molar-refractivity contribution in [2.75, 3.05) is 11.9 Å². The van der Waals surface area contributed by atoms with Crippen LogP contribution in [0.3, 0.4) is 0 Å². The Balaban J connectivity index is 1.34. The van der Waals surface area contributed by atoms with Crippen molar-refractivity contribution in [3.8, 4) is 11.1 Å². The third kappa shape index (κ3) is 4.65. The molecule has 5 rings (SSSR count). The van der Waals surface area contributed by atoms with E-state index < -0.39 is 5.69 Å². The van der Waals surface area contributed by atoms with Gasteiger partial charge in [0.15, 0.2) is 5.65 Å². The van der Waals surface area contributed by atoms with Gasteiger partial charge in [0, 0.05) is 25.3 Å². The molecule has 34 heavy (non-hydrogen) atoms. The Bertz CT molecular complexity index is 1370. The molecule has 1 saturated heterocycles. The van der Waals surface area contributed by atoms with Crippen molar-refractivity contribution >= 4 is 16.9 Å². The molecule has 0 spiro atoms. The molecule has 3 heterocycles. The molecule has 2 N–H and O–H groups in total. The highest BCUT2D eigenvalue weighted by molar-refractivity contribution is 5.86. The topological polar surface area (TPSA) is 83.3 Å². The van der Waals surface area contributed by atoms with Crippen molar-refractivity contribution in [2.45, 2.75) is 45.3 Å². The minimum atomic E-state index is -0.762. The number of anilines is 1. The van der Waals surface area contributed by atoms with Crippen molar-refractivity contribution < 1.29 is 5.21 Å². The van der Waals surface area contributed by atoms with Gasteiger partial charge < -0.3 is 10.5 Å². The van der Waals surface area contributed by atoms with E-state index in [9.17, 15) is 10.0 Å². The molecule has 1 atom stereocenters. The molecule has 1 aliphatic rings. The van der Waals surface area contributed by atoms with Crippen molar-refractivity contribution in [2.24, 2.45) is 0 Å². The van der Waals surface area contributed by atoms with Crippen molar-refractivity contribution in [1.82, 2.24) is 19.6 Å². The lowest BCUT2D eigenvalue weighted by Crippen LogP contribution is -2.36. The summed E-state index contributed by atoms with van der Waals surface area (Å²) in [5.41, 5.74) is 4.17. The van der Waals surface area contributed by atoms with Gasteiger partial charge in [-0.25, -0.2) is 9.78 Å². The summed E-state index contributed by atoms with van der Waals surface area (Å²) in [6, 6.07) is 21.3. The lowest BCUT2D eigenvalue weighted by Gasteiger charge is -2.33. The first-order valence-corrected chi connectivity index (χ1v) is 11.8. The summed E-state index contributed by atoms with van der Waals surface area (Å²) in [5, 5.41) is 13.7. The fourth-order valence-corrected chi connectivity index (χ4v) is 4.70. The number of pyridine rings is 1. The lowest BCUT2D eigenvalue weighted by molar-refractivity contribution is 0.152. The van der Waals surface area contributed by atoms with Gasteiger partial charge in [0.2, 0.25) is 0 Å². The minimum Gasteiger partial charge on any atom is -0.422 e. The third-order valence-electron chi connectivity index (χ3n) is 6.60. The Morgan fingerprint density at radius 3 is 2.59 bits per heavy atom. The highest BCUT2D eigenvalue weighted by Gasteiger charge is 2.18. The van der Waals surface area contributed by atoms with Crippen LogP contribution in [0.2, 0.25) is 0 Å². The summed E-state index contributed by atoms with van der Waals surface area (Å²) in [5.74, 6) is 0.404. The first-order chi connectivity index (χ1) is 16.6. The second-order valence-electron chi connectivity index (χ2n) is 9.00. The van der Waals surface area contributed by atoms with Crippen molar-refractivity contribution in [3.63, 3.8) is 0 Å². The van der Waals surface area contributed by atoms with E-state index >= 15 is 0 Å². The average Bonchev–Trinajstić information content (AvgIpc) is 2.87. The monoisotopic (exact) mass is 455 g/mol. The summed E-state index contributed by atoms with van der Waals surface area (Å²) >= 11 is 0. The Morgan fingerprint density at radius 2 is 1.79 bits per heavy atom. The average molecular weight is 456 g/mol. The third-order valence-corrected chi connectivity index (χ3v) is 6.60.